The van der Waals surface area contributed by atoms with Crippen LogP contribution in [0.5, 0.6) is 0 Å². The van der Waals surface area contributed by atoms with Crippen LogP contribution < -0.4 is 15.5 Å². The summed E-state index contributed by atoms with van der Waals surface area (Å²) in [5.74, 6) is -0.339. The third-order valence-corrected chi connectivity index (χ3v) is 7.38. The minimum absolute atomic E-state index is 0.227. The maximum atomic E-state index is 12.7. The highest BCUT2D eigenvalue weighted by Gasteiger charge is 2.20. The predicted octanol–water partition coefficient (Wildman–Crippen LogP) is 6.71. The van der Waals surface area contributed by atoms with Gasteiger partial charge in [-0.25, -0.2) is 0 Å². The third-order valence-electron chi connectivity index (χ3n) is 5.28. The zero-order valence-electron chi connectivity index (χ0n) is 16.4. The fraction of sp³-hybridized carbons (Fsp3) is 0.273. The van der Waals surface area contributed by atoms with Gasteiger partial charge in [0.15, 0.2) is 5.11 Å². The number of piperidine rings is 1. The zero-order valence-corrected chi connectivity index (χ0v) is 19.5. The van der Waals surface area contributed by atoms with E-state index in [0.717, 1.165) is 22.3 Å². The molecule has 4 rings (SSSR count). The van der Waals surface area contributed by atoms with Gasteiger partial charge >= 0.3 is 0 Å². The molecule has 1 aliphatic heterocycles. The summed E-state index contributed by atoms with van der Waals surface area (Å²) in [6.45, 7) is 3.35. The number of thiophene rings is 1. The minimum Gasteiger partial charge on any atom is -0.369 e. The Balaban J connectivity index is 1.41. The lowest BCUT2D eigenvalue weighted by atomic mass is 10.0. The lowest BCUT2D eigenvalue weighted by molar-refractivity contribution is 0.0982. The van der Waals surface area contributed by atoms with Crippen LogP contribution in [0.2, 0.25) is 10.0 Å². The van der Waals surface area contributed by atoms with E-state index in [9.17, 15) is 4.79 Å². The van der Waals surface area contributed by atoms with Crippen molar-refractivity contribution in [2.45, 2.75) is 32.2 Å². The Bertz CT molecular complexity index is 1100. The highest BCUT2D eigenvalue weighted by atomic mass is 35.5. The van der Waals surface area contributed by atoms with Crippen molar-refractivity contribution >= 4 is 79.2 Å². The second kappa shape index (κ2) is 9.10. The van der Waals surface area contributed by atoms with Crippen molar-refractivity contribution in [2.24, 2.45) is 0 Å². The van der Waals surface area contributed by atoms with E-state index in [1.807, 2.05) is 18.2 Å². The van der Waals surface area contributed by atoms with Crippen molar-refractivity contribution in [3.63, 3.8) is 0 Å². The molecule has 3 aromatic rings. The molecule has 1 unspecified atom stereocenters. The number of hydrogen-bond acceptors (Lipinski definition) is 4. The highest BCUT2D eigenvalue weighted by Crippen LogP contribution is 2.36. The molecule has 1 amide bonds. The Morgan fingerprint density at radius 2 is 1.93 bits per heavy atom. The number of rotatable bonds is 3. The van der Waals surface area contributed by atoms with Crippen LogP contribution in [0.4, 0.5) is 11.4 Å². The number of anilines is 2. The number of fused-ring (bicyclic) bond motifs is 1. The van der Waals surface area contributed by atoms with E-state index in [0.29, 0.717) is 21.0 Å². The number of amides is 1. The molecule has 0 spiro atoms. The normalized spacial score (nSPS) is 16.5. The summed E-state index contributed by atoms with van der Waals surface area (Å²) in [4.78, 5) is 15.5. The van der Waals surface area contributed by atoms with Crippen LogP contribution in [0.15, 0.2) is 42.5 Å². The van der Waals surface area contributed by atoms with Crippen LogP contribution >= 0.6 is 46.8 Å². The van der Waals surface area contributed by atoms with Gasteiger partial charge in [0.2, 0.25) is 0 Å². The van der Waals surface area contributed by atoms with Gasteiger partial charge in [0.25, 0.3) is 5.91 Å². The van der Waals surface area contributed by atoms with Crippen molar-refractivity contribution in [3.05, 3.63) is 57.4 Å². The second-order valence-corrected chi connectivity index (χ2v) is 9.65. The monoisotopic (exact) mass is 477 g/mol. The molecule has 1 atom stereocenters. The molecular weight excluding hydrogens is 457 g/mol. The van der Waals surface area contributed by atoms with Crippen LogP contribution in [0.3, 0.4) is 0 Å². The van der Waals surface area contributed by atoms with Gasteiger partial charge in [0, 0.05) is 39.1 Å². The van der Waals surface area contributed by atoms with E-state index in [1.54, 1.807) is 12.1 Å². The SMILES string of the molecule is CC1CCCCN1c1ccc(NC(=S)NC(=O)c2sc3cc(Cl)ccc3c2Cl)cc1. The fourth-order valence-electron chi connectivity index (χ4n) is 3.73. The molecule has 30 heavy (non-hydrogen) atoms. The van der Waals surface area contributed by atoms with E-state index in [1.165, 1.54) is 36.3 Å². The van der Waals surface area contributed by atoms with Crippen molar-refractivity contribution in [2.75, 3.05) is 16.8 Å². The van der Waals surface area contributed by atoms with Gasteiger partial charge in [-0.3, -0.25) is 10.1 Å². The van der Waals surface area contributed by atoms with Gasteiger partial charge < -0.3 is 10.2 Å². The molecule has 2 heterocycles. The summed E-state index contributed by atoms with van der Waals surface area (Å²) in [5, 5.41) is 7.82. The number of thiocarbonyl (C=S) groups is 1. The fourth-order valence-corrected chi connectivity index (χ4v) is 5.62. The van der Waals surface area contributed by atoms with Crippen LogP contribution in [0.1, 0.15) is 35.9 Å². The van der Waals surface area contributed by atoms with Crippen molar-refractivity contribution in [1.29, 1.82) is 0 Å². The van der Waals surface area contributed by atoms with Gasteiger partial charge in [0.1, 0.15) is 4.88 Å². The Morgan fingerprint density at radius 1 is 1.17 bits per heavy atom. The summed E-state index contributed by atoms with van der Waals surface area (Å²) in [5.41, 5.74) is 2.03. The Hall–Kier alpha value is -1.86. The van der Waals surface area contributed by atoms with Crippen molar-refractivity contribution in [3.8, 4) is 0 Å². The number of carbonyl (C=O) groups is 1. The Kier molecular flexibility index (Phi) is 6.48. The lowest BCUT2D eigenvalue weighted by Crippen LogP contribution is -2.37. The van der Waals surface area contributed by atoms with Gasteiger partial charge in [-0.2, -0.15) is 0 Å². The molecule has 0 aliphatic carbocycles. The number of hydrogen-bond donors (Lipinski definition) is 2. The second-order valence-electron chi connectivity index (χ2n) is 7.38. The lowest BCUT2D eigenvalue weighted by Gasteiger charge is -2.35. The van der Waals surface area contributed by atoms with Crippen LogP contribution in [0.25, 0.3) is 10.1 Å². The average molecular weight is 478 g/mol. The molecule has 0 radical (unpaired) electrons. The molecule has 1 aliphatic rings. The molecule has 0 saturated carbocycles. The average Bonchev–Trinajstić information content (AvgIpc) is 3.05. The summed E-state index contributed by atoms with van der Waals surface area (Å²) in [6.07, 6.45) is 3.75. The number of nitrogens with one attached hydrogen (secondary N) is 2. The quantitative estimate of drug-likeness (QED) is 0.411. The van der Waals surface area contributed by atoms with E-state index >= 15 is 0 Å². The molecule has 1 fully saturated rings. The summed E-state index contributed by atoms with van der Waals surface area (Å²) in [6, 6.07) is 14.0. The number of nitrogens with zero attached hydrogens (tertiary/aromatic N) is 1. The molecule has 0 bridgehead atoms. The first-order valence-electron chi connectivity index (χ1n) is 9.79. The standard InChI is InChI=1S/C22H21Cl2N3OS2/c1-13-4-2-3-11-27(13)16-8-6-15(7-9-16)25-22(29)26-21(28)20-19(24)17-10-5-14(23)12-18(17)30-20/h5-10,12-13H,2-4,11H2,1H3,(H2,25,26,28,29). The molecule has 2 aromatic carbocycles. The van der Waals surface area contributed by atoms with E-state index < -0.39 is 0 Å². The molecule has 156 valence electrons. The van der Waals surface area contributed by atoms with Gasteiger partial charge in [-0.05, 0) is 74.8 Å². The Labute approximate surface area is 195 Å². The maximum Gasteiger partial charge on any atom is 0.269 e. The molecule has 2 N–H and O–H groups in total. The summed E-state index contributed by atoms with van der Waals surface area (Å²) < 4.78 is 0.860. The summed E-state index contributed by atoms with van der Waals surface area (Å²) in [7, 11) is 0. The van der Waals surface area contributed by atoms with Crippen molar-refractivity contribution in [1.82, 2.24) is 5.32 Å². The summed E-state index contributed by atoms with van der Waals surface area (Å²) >= 11 is 19.0. The van der Waals surface area contributed by atoms with Crippen molar-refractivity contribution < 1.29 is 4.79 Å². The topological polar surface area (TPSA) is 44.4 Å². The molecule has 1 aromatic heterocycles. The van der Waals surface area contributed by atoms with Gasteiger partial charge in [-0.1, -0.05) is 29.3 Å². The number of halogens is 2. The van der Waals surface area contributed by atoms with E-state index in [-0.39, 0.29) is 11.0 Å². The first-order valence-corrected chi connectivity index (χ1v) is 11.8. The van der Waals surface area contributed by atoms with E-state index in [4.69, 9.17) is 35.4 Å². The molecular formula is C22H21Cl2N3OS2. The number of benzene rings is 2. The van der Waals surface area contributed by atoms with Crippen LogP contribution in [0, 0.1) is 0 Å². The van der Waals surface area contributed by atoms with Crippen LogP contribution in [-0.4, -0.2) is 23.6 Å². The highest BCUT2D eigenvalue weighted by molar-refractivity contribution is 7.80. The maximum absolute atomic E-state index is 12.7. The molecule has 4 nitrogen and oxygen atoms in total. The third kappa shape index (κ3) is 4.57. The molecule has 8 heteroatoms. The number of carbonyl (C=O) groups excluding carboxylic acids is 1. The predicted molar refractivity (Wildman–Crippen MR) is 133 cm³/mol. The van der Waals surface area contributed by atoms with E-state index in [2.05, 4.69) is 34.6 Å². The Morgan fingerprint density at radius 3 is 2.67 bits per heavy atom. The first-order chi connectivity index (χ1) is 14.4. The van der Waals surface area contributed by atoms with Crippen LogP contribution in [-0.2, 0) is 0 Å². The smallest absolute Gasteiger partial charge is 0.269 e. The largest absolute Gasteiger partial charge is 0.369 e. The minimum atomic E-state index is -0.339. The van der Waals surface area contributed by atoms with Gasteiger partial charge in [0.05, 0.1) is 5.02 Å². The molecule has 1 saturated heterocycles. The first kappa shape index (κ1) is 21.4. The zero-order chi connectivity index (χ0) is 21.3. The van der Waals surface area contributed by atoms with Gasteiger partial charge in [-0.15, -0.1) is 11.3 Å².